The Balaban J connectivity index is 2.04. The van der Waals surface area contributed by atoms with Crippen LogP contribution in [0.15, 0.2) is 0 Å². The number of hydrogen-bond donors (Lipinski definition) is 2. The van der Waals surface area contributed by atoms with Crippen LogP contribution in [0.1, 0.15) is 73.1 Å². The summed E-state index contributed by atoms with van der Waals surface area (Å²) in [6, 6.07) is 0. The number of hydrogen-bond acceptors (Lipinski definition) is 2. The van der Waals surface area contributed by atoms with Crippen LogP contribution in [0, 0.1) is 27.6 Å². The third kappa shape index (κ3) is 2.14. The fourth-order valence-corrected chi connectivity index (χ4v) is 7.41. The molecular formula is C18H32O2. The molecule has 2 unspecified atom stereocenters. The lowest BCUT2D eigenvalue weighted by Gasteiger charge is -2.68. The Hall–Kier alpha value is -0.0800. The Morgan fingerprint density at radius 1 is 0.800 bits per heavy atom. The lowest BCUT2D eigenvalue weighted by atomic mass is 9.38. The van der Waals surface area contributed by atoms with E-state index in [2.05, 4.69) is 34.6 Å². The Kier molecular flexibility index (Phi) is 2.98. The summed E-state index contributed by atoms with van der Waals surface area (Å²) in [6.07, 6.45) is 5.98. The van der Waals surface area contributed by atoms with Crippen molar-refractivity contribution in [3.63, 3.8) is 0 Å². The minimum atomic E-state index is -0.190. The summed E-state index contributed by atoms with van der Waals surface area (Å²) in [4.78, 5) is 0. The Morgan fingerprint density at radius 2 is 1.45 bits per heavy atom. The fraction of sp³-hybridized carbons (Fsp3) is 1.00. The molecule has 4 fully saturated rings. The predicted molar refractivity (Wildman–Crippen MR) is 81.3 cm³/mol. The molecule has 1 spiro atoms. The maximum atomic E-state index is 10.8. The average molecular weight is 280 g/mol. The van der Waals surface area contributed by atoms with E-state index in [0.29, 0.717) is 5.92 Å². The van der Waals surface area contributed by atoms with E-state index in [0.717, 1.165) is 25.7 Å². The second kappa shape index (κ2) is 4.01. The first kappa shape index (κ1) is 14.8. The van der Waals surface area contributed by atoms with Gasteiger partial charge in [0, 0.05) is 0 Å². The second-order valence-electron chi connectivity index (χ2n) is 10.2. The maximum Gasteiger partial charge on any atom is 0.0584 e. The molecule has 2 bridgehead atoms. The maximum absolute atomic E-state index is 10.8. The molecule has 0 aromatic heterocycles. The lowest BCUT2D eigenvalue weighted by Crippen LogP contribution is -2.63. The number of rotatable bonds is 0. The van der Waals surface area contributed by atoms with Crippen LogP contribution in [0.25, 0.3) is 0 Å². The van der Waals surface area contributed by atoms with E-state index in [1.807, 2.05) is 0 Å². The molecule has 116 valence electrons. The van der Waals surface area contributed by atoms with Crippen LogP contribution >= 0.6 is 0 Å². The first-order chi connectivity index (χ1) is 8.97. The van der Waals surface area contributed by atoms with Crippen molar-refractivity contribution < 1.29 is 10.2 Å². The molecule has 0 heterocycles. The van der Waals surface area contributed by atoms with Crippen LogP contribution in [0.2, 0.25) is 0 Å². The SMILES string of the molecule is CC1(C)C[C@@H](O)CC2(C1)C[C@]1(C)CC(O)[C@@H]2C(C)(C)C1. The van der Waals surface area contributed by atoms with E-state index in [-0.39, 0.29) is 33.9 Å². The molecule has 4 aliphatic carbocycles. The minimum absolute atomic E-state index is 0.148. The van der Waals surface area contributed by atoms with Crippen molar-refractivity contribution in [2.24, 2.45) is 27.6 Å². The Bertz CT molecular complexity index is 407. The third-order valence-electron chi connectivity index (χ3n) is 6.51. The monoisotopic (exact) mass is 280 g/mol. The summed E-state index contributed by atoms with van der Waals surface area (Å²) in [6.45, 7) is 11.6. The van der Waals surface area contributed by atoms with Crippen LogP contribution in [0.3, 0.4) is 0 Å². The van der Waals surface area contributed by atoms with Gasteiger partial charge in [0.25, 0.3) is 0 Å². The zero-order valence-corrected chi connectivity index (χ0v) is 13.9. The highest BCUT2D eigenvalue weighted by atomic mass is 16.3. The van der Waals surface area contributed by atoms with Crippen molar-refractivity contribution in [1.82, 2.24) is 0 Å². The Morgan fingerprint density at radius 3 is 1.95 bits per heavy atom. The molecule has 0 saturated heterocycles. The van der Waals surface area contributed by atoms with E-state index in [4.69, 9.17) is 0 Å². The van der Waals surface area contributed by atoms with Gasteiger partial charge in [-0.25, -0.2) is 0 Å². The van der Waals surface area contributed by atoms with Crippen molar-refractivity contribution in [3.8, 4) is 0 Å². The highest BCUT2D eigenvalue weighted by Gasteiger charge is 2.64. The second-order valence-corrected chi connectivity index (χ2v) is 10.2. The van der Waals surface area contributed by atoms with Crippen molar-refractivity contribution in [2.45, 2.75) is 85.4 Å². The van der Waals surface area contributed by atoms with Crippen LogP contribution in [-0.2, 0) is 0 Å². The van der Waals surface area contributed by atoms with E-state index in [9.17, 15) is 10.2 Å². The number of aliphatic hydroxyl groups is 2. The zero-order chi connectivity index (χ0) is 15.0. The van der Waals surface area contributed by atoms with Gasteiger partial charge in [0.2, 0.25) is 0 Å². The van der Waals surface area contributed by atoms with Gasteiger partial charge in [0.05, 0.1) is 12.2 Å². The first-order valence-corrected chi connectivity index (χ1v) is 8.33. The minimum Gasteiger partial charge on any atom is -0.393 e. The summed E-state index contributed by atoms with van der Waals surface area (Å²) in [7, 11) is 0. The van der Waals surface area contributed by atoms with Crippen LogP contribution in [-0.4, -0.2) is 22.4 Å². The molecule has 2 nitrogen and oxygen atoms in total. The normalized spacial score (nSPS) is 53.2. The Labute approximate surface area is 124 Å². The predicted octanol–water partition coefficient (Wildman–Crippen LogP) is 3.75. The van der Waals surface area contributed by atoms with Gasteiger partial charge in [-0.3, -0.25) is 0 Å². The molecule has 0 radical (unpaired) electrons. The van der Waals surface area contributed by atoms with Gasteiger partial charge in [-0.1, -0.05) is 34.6 Å². The summed E-state index contributed by atoms with van der Waals surface area (Å²) >= 11 is 0. The summed E-state index contributed by atoms with van der Waals surface area (Å²) in [5.74, 6) is 0.353. The number of fused-ring (bicyclic) bond motifs is 2. The highest BCUT2D eigenvalue weighted by Crippen LogP contribution is 2.70. The van der Waals surface area contributed by atoms with Crippen molar-refractivity contribution in [2.75, 3.05) is 0 Å². The molecular weight excluding hydrogens is 248 g/mol. The first-order valence-electron chi connectivity index (χ1n) is 8.33. The van der Waals surface area contributed by atoms with E-state index in [1.165, 1.54) is 12.8 Å². The molecule has 2 N–H and O–H groups in total. The molecule has 0 aromatic rings. The quantitative estimate of drug-likeness (QED) is 0.709. The smallest absolute Gasteiger partial charge is 0.0584 e. The summed E-state index contributed by atoms with van der Waals surface area (Å²) < 4.78 is 0. The molecule has 20 heavy (non-hydrogen) atoms. The molecule has 0 aliphatic heterocycles. The van der Waals surface area contributed by atoms with Gasteiger partial charge in [-0.05, 0) is 66.1 Å². The molecule has 4 rings (SSSR count). The molecule has 2 heteroatoms. The molecule has 4 saturated carbocycles. The van der Waals surface area contributed by atoms with Crippen LogP contribution < -0.4 is 0 Å². The van der Waals surface area contributed by atoms with E-state index < -0.39 is 0 Å². The van der Waals surface area contributed by atoms with Crippen molar-refractivity contribution >= 4 is 0 Å². The largest absolute Gasteiger partial charge is 0.393 e. The molecule has 0 amide bonds. The zero-order valence-electron chi connectivity index (χ0n) is 13.9. The highest BCUT2D eigenvalue weighted by molar-refractivity contribution is 5.14. The van der Waals surface area contributed by atoms with Gasteiger partial charge in [-0.15, -0.1) is 0 Å². The van der Waals surface area contributed by atoms with E-state index >= 15 is 0 Å². The third-order valence-corrected chi connectivity index (χ3v) is 6.51. The van der Waals surface area contributed by atoms with Gasteiger partial charge in [0.15, 0.2) is 0 Å². The molecule has 0 aromatic carbocycles. The lowest BCUT2D eigenvalue weighted by molar-refractivity contribution is -0.225. The average Bonchev–Trinajstić information content (AvgIpc) is 2.04. The van der Waals surface area contributed by atoms with Gasteiger partial charge in [0.1, 0.15) is 0 Å². The van der Waals surface area contributed by atoms with Crippen LogP contribution in [0.5, 0.6) is 0 Å². The van der Waals surface area contributed by atoms with E-state index in [1.54, 1.807) is 0 Å². The standard InChI is InChI=1S/C18H32O2/c1-15(2)6-12(19)7-18(9-15)11-17(5)8-13(20)14(18)16(3,4)10-17/h12-14,19-20H,6-11H2,1-5H3/t12-,13?,14-,17-,18?/m1/s1. The van der Waals surface area contributed by atoms with Gasteiger partial charge >= 0.3 is 0 Å². The van der Waals surface area contributed by atoms with Gasteiger partial charge in [-0.2, -0.15) is 0 Å². The van der Waals surface area contributed by atoms with Crippen LogP contribution in [0.4, 0.5) is 0 Å². The van der Waals surface area contributed by atoms with Crippen molar-refractivity contribution in [3.05, 3.63) is 0 Å². The summed E-state index contributed by atoms with van der Waals surface area (Å²) in [5, 5.41) is 21.2. The topological polar surface area (TPSA) is 40.5 Å². The van der Waals surface area contributed by atoms with Gasteiger partial charge < -0.3 is 10.2 Å². The van der Waals surface area contributed by atoms with Crippen molar-refractivity contribution in [1.29, 1.82) is 0 Å². The molecule has 4 aliphatic rings. The molecule has 5 atom stereocenters. The fourth-order valence-electron chi connectivity index (χ4n) is 7.41. The number of aliphatic hydroxyl groups excluding tert-OH is 2. The summed E-state index contributed by atoms with van der Waals surface area (Å²) in [5.41, 5.74) is 0.791.